The molecule has 2 rings (SSSR count). The SMILES string of the molecule is O=C(O)c1ccc2c(c1O)CCN(C(=O)O)C2. The number of carboxylic acid groups (broad SMARTS) is 2. The van der Waals surface area contributed by atoms with Gasteiger partial charge in [0.1, 0.15) is 11.3 Å². The number of carboxylic acids is 1. The minimum atomic E-state index is -1.19. The van der Waals surface area contributed by atoms with Crippen molar-refractivity contribution in [3.8, 4) is 5.75 Å². The number of phenols is 1. The van der Waals surface area contributed by atoms with Gasteiger partial charge in [-0.1, -0.05) is 6.07 Å². The van der Waals surface area contributed by atoms with Gasteiger partial charge in [-0.05, 0) is 18.1 Å². The molecule has 1 aromatic carbocycles. The van der Waals surface area contributed by atoms with Crippen LogP contribution in [0.1, 0.15) is 21.5 Å². The molecule has 1 aromatic rings. The summed E-state index contributed by atoms with van der Waals surface area (Å²) >= 11 is 0. The number of fused-ring (bicyclic) bond motifs is 1. The molecule has 1 aliphatic heterocycles. The van der Waals surface area contributed by atoms with Crippen LogP contribution in [-0.4, -0.2) is 38.8 Å². The van der Waals surface area contributed by atoms with Crippen molar-refractivity contribution in [3.05, 3.63) is 28.8 Å². The smallest absolute Gasteiger partial charge is 0.407 e. The van der Waals surface area contributed by atoms with Crippen LogP contribution in [0.15, 0.2) is 12.1 Å². The van der Waals surface area contributed by atoms with Crippen molar-refractivity contribution in [3.63, 3.8) is 0 Å². The zero-order valence-electron chi connectivity index (χ0n) is 8.88. The Morgan fingerprint density at radius 3 is 2.53 bits per heavy atom. The minimum absolute atomic E-state index is 0.146. The summed E-state index contributed by atoms with van der Waals surface area (Å²) in [6.07, 6.45) is -0.688. The van der Waals surface area contributed by atoms with Crippen molar-refractivity contribution in [2.24, 2.45) is 0 Å². The average molecular weight is 237 g/mol. The van der Waals surface area contributed by atoms with Crippen molar-refractivity contribution in [2.45, 2.75) is 13.0 Å². The Labute approximate surface area is 96.7 Å². The normalized spacial score (nSPS) is 14.2. The Bertz CT molecular complexity index is 497. The highest BCUT2D eigenvalue weighted by Crippen LogP contribution is 2.30. The van der Waals surface area contributed by atoms with E-state index in [4.69, 9.17) is 10.2 Å². The molecule has 0 radical (unpaired) electrons. The molecule has 90 valence electrons. The highest BCUT2D eigenvalue weighted by atomic mass is 16.4. The highest BCUT2D eigenvalue weighted by molar-refractivity contribution is 5.91. The minimum Gasteiger partial charge on any atom is -0.507 e. The van der Waals surface area contributed by atoms with Crippen LogP contribution in [0, 0.1) is 0 Å². The van der Waals surface area contributed by atoms with Gasteiger partial charge in [0.15, 0.2) is 0 Å². The molecule has 17 heavy (non-hydrogen) atoms. The Morgan fingerprint density at radius 1 is 1.24 bits per heavy atom. The number of carbonyl (C=O) groups is 2. The predicted octanol–water partition coefficient (Wildman–Crippen LogP) is 1.13. The van der Waals surface area contributed by atoms with Crippen LogP contribution < -0.4 is 0 Å². The molecule has 0 fully saturated rings. The van der Waals surface area contributed by atoms with Gasteiger partial charge in [-0.15, -0.1) is 0 Å². The van der Waals surface area contributed by atoms with Gasteiger partial charge in [-0.2, -0.15) is 0 Å². The molecule has 0 unspecified atom stereocenters. The van der Waals surface area contributed by atoms with E-state index < -0.39 is 12.1 Å². The maximum atomic E-state index is 10.8. The summed E-state index contributed by atoms with van der Waals surface area (Å²) < 4.78 is 0. The first-order chi connectivity index (χ1) is 8.00. The third-order valence-corrected chi connectivity index (χ3v) is 2.87. The molecule has 0 aliphatic carbocycles. The second kappa shape index (κ2) is 3.97. The fourth-order valence-corrected chi connectivity index (χ4v) is 1.97. The fraction of sp³-hybridized carbons (Fsp3) is 0.273. The van der Waals surface area contributed by atoms with Gasteiger partial charge in [-0.3, -0.25) is 0 Å². The summed E-state index contributed by atoms with van der Waals surface area (Å²) in [5.41, 5.74) is 1.04. The van der Waals surface area contributed by atoms with Crippen LogP contribution in [0.5, 0.6) is 5.75 Å². The van der Waals surface area contributed by atoms with Gasteiger partial charge in [0.05, 0.1) is 0 Å². The lowest BCUT2D eigenvalue weighted by Crippen LogP contribution is -2.34. The van der Waals surface area contributed by atoms with Gasteiger partial charge in [0.2, 0.25) is 0 Å². The Morgan fingerprint density at radius 2 is 1.94 bits per heavy atom. The van der Waals surface area contributed by atoms with Crippen LogP contribution in [0.3, 0.4) is 0 Å². The molecule has 0 saturated heterocycles. The molecule has 1 aliphatic rings. The van der Waals surface area contributed by atoms with E-state index in [1.165, 1.54) is 11.0 Å². The number of aromatic carboxylic acids is 1. The first-order valence-corrected chi connectivity index (χ1v) is 5.05. The molecular weight excluding hydrogens is 226 g/mol. The second-order valence-electron chi connectivity index (χ2n) is 3.86. The highest BCUT2D eigenvalue weighted by Gasteiger charge is 2.24. The number of amides is 1. The predicted molar refractivity (Wildman–Crippen MR) is 57.2 cm³/mol. The summed E-state index contributed by atoms with van der Waals surface area (Å²) in [6, 6.07) is 2.84. The van der Waals surface area contributed by atoms with Crippen LogP contribution in [0.2, 0.25) is 0 Å². The lowest BCUT2D eigenvalue weighted by atomic mass is 9.96. The molecule has 3 N–H and O–H groups in total. The topological polar surface area (TPSA) is 98.1 Å². The maximum Gasteiger partial charge on any atom is 0.407 e. The quantitative estimate of drug-likeness (QED) is 0.680. The second-order valence-corrected chi connectivity index (χ2v) is 3.86. The molecule has 0 saturated carbocycles. The Balaban J connectivity index is 2.40. The van der Waals surface area contributed by atoms with Gasteiger partial charge < -0.3 is 20.2 Å². The fourth-order valence-electron chi connectivity index (χ4n) is 1.97. The van der Waals surface area contributed by atoms with E-state index in [1.807, 2.05) is 0 Å². The van der Waals surface area contributed by atoms with Gasteiger partial charge >= 0.3 is 12.1 Å². The van der Waals surface area contributed by atoms with Crippen molar-refractivity contribution in [1.29, 1.82) is 0 Å². The van der Waals surface area contributed by atoms with E-state index in [1.54, 1.807) is 6.07 Å². The van der Waals surface area contributed by atoms with Crippen molar-refractivity contribution >= 4 is 12.1 Å². The molecule has 1 amide bonds. The van der Waals surface area contributed by atoms with Gasteiger partial charge in [-0.25, -0.2) is 9.59 Å². The lowest BCUT2D eigenvalue weighted by Gasteiger charge is -2.27. The largest absolute Gasteiger partial charge is 0.507 e. The van der Waals surface area contributed by atoms with E-state index in [2.05, 4.69) is 0 Å². The first-order valence-electron chi connectivity index (χ1n) is 5.05. The summed E-state index contributed by atoms with van der Waals surface area (Å²) in [7, 11) is 0. The monoisotopic (exact) mass is 237 g/mol. The van der Waals surface area contributed by atoms with E-state index in [0.717, 1.165) is 0 Å². The number of aromatic hydroxyl groups is 1. The number of rotatable bonds is 1. The van der Waals surface area contributed by atoms with Gasteiger partial charge in [0.25, 0.3) is 0 Å². The van der Waals surface area contributed by atoms with Crippen molar-refractivity contribution in [1.82, 2.24) is 4.90 Å². The summed E-state index contributed by atoms with van der Waals surface area (Å²) in [4.78, 5) is 22.8. The van der Waals surface area contributed by atoms with Gasteiger partial charge in [0, 0.05) is 18.7 Å². The maximum absolute atomic E-state index is 10.8. The Hall–Kier alpha value is -2.24. The van der Waals surface area contributed by atoms with Crippen LogP contribution in [0.25, 0.3) is 0 Å². The molecule has 0 atom stereocenters. The molecular formula is C11H11NO5. The standard InChI is InChI=1S/C11H11NO5/c13-9-7-3-4-12(11(16)17)5-6(7)1-2-8(9)10(14)15/h1-2,13H,3-5H2,(H,14,15)(H,16,17). The van der Waals surface area contributed by atoms with Crippen molar-refractivity contribution in [2.75, 3.05) is 6.54 Å². The molecule has 0 aromatic heterocycles. The molecule has 1 heterocycles. The Kier molecular flexibility index (Phi) is 2.63. The van der Waals surface area contributed by atoms with E-state index in [0.29, 0.717) is 17.5 Å². The van der Waals surface area contributed by atoms with Crippen molar-refractivity contribution < 1.29 is 24.9 Å². The molecule has 6 heteroatoms. The summed E-state index contributed by atoms with van der Waals surface area (Å²) in [6.45, 7) is 0.442. The summed E-state index contributed by atoms with van der Waals surface area (Å²) in [5.74, 6) is -1.44. The van der Waals surface area contributed by atoms with E-state index in [-0.39, 0.29) is 24.4 Å². The van der Waals surface area contributed by atoms with E-state index >= 15 is 0 Å². The lowest BCUT2D eigenvalue weighted by molar-refractivity contribution is 0.0693. The van der Waals surface area contributed by atoms with E-state index in [9.17, 15) is 14.7 Å². The number of benzene rings is 1. The van der Waals surface area contributed by atoms with Crippen LogP contribution in [0.4, 0.5) is 4.79 Å². The molecule has 6 nitrogen and oxygen atoms in total. The number of nitrogens with zero attached hydrogens (tertiary/aromatic N) is 1. The van der Waals surface area contributed by atoms with Crippen LogP contribution >= 0.6 is 0 Å². The third-order valence-electron chi connectivity index (χ3n) is 2.87. The van der Waals surface area contributed by atoms with Crippen LogP contribution in [-0.2, 0) is 13.0 Å². The average Bonchev–Trinajstić information content (AvgIpc) is 2.28. The first kappa shape index (κ1) is 11.3. The molecule has 0 spiro atoms. The number of hydrogen-bond donors (Lipinski definition) is 3. The number of hydrogen-bond acceptors (Lipinski definition) is 3. The zero-order chi connectivity index (χ0) is 12.6. The third kappa shape index (κ3) is 1.89. The summed E-state index contributed by atoms with van der Waals surface area (Å²) in [5, 5.41) is 27.5. The molecule has 0 bridgehead atoms. The zero-order valence-corrected chi connectivity index (χ0v) is 8.88.